The van der Waals surface area contributed by atoms with Gasteiger partial charge in [0.1, 0.15) is 23.3 Å². The summed E-state index contributed by atoms with van der Waals surface area (Å²) in [5.41, 5.74) is 2.63. The van der Waals surface area contributed by atoms with Crippen LogP contribution >= 0.6 is 11.6 Å². The number of ether oxygens (including phenoxy) is 4. The number of halogens is 1. The van der Waals surface area contributed by atoms with Crippen LogP contribution in [0.5, 0.6) is 11.5 Å². The summed E-state index contributed by atoms with van der Waals surface area (Å²) in [5, 5.41) is 2.47. The van der Waals surface area contributed by atoms with Gasteiger partial charge in [-0.1, -0.05) is 35.9 Å². The minimum absolute atomic E-state index is 0.0329. The van der Waals surface area contributed by atoms with Crippen LogP contribution in [0, 0.1) is 0 Å². The Morgan fingerprint density at radius 3 is 2.26 bits per heavy atom. The highest BCUT2D eigenvalue weighted by molar-refractivity contribution is 6.33. The Hall–Kier alpha value is -3.93. The molecular weight excluding hydrogens is 514 g/mol. The minimum Gasteiger partial charge on any atom is -0.497 e. The fourth-order valence-electron chi connectivity index (χ4n) is 3.51. The number of carbonyl (C=O) groups excluding carboxylic acids is 1. The monoisotopic (exact) mass is 541 g/mol. The second-order valence-corrected chi connectivity index (χ2v) is 8.44. The Balaban J connectivity index is 1.40. The number of fused-ring (bicyclic) bond motifs is 1. The Morgan fingerprint density at radius 1 is 0.974 bits per heavy atom. The predicted octanol–water partition coefficient (Wildman–Crippen LogP) is 4.03. The van der Waals surface area contributed by atoms with Gasteiger partial charge in [0.2, 0.25) is 24.3 Å². The number of hydrogen-bond donors (Lipinski definition) is 1. The summed E-state index contributed by atoms with van der Waals surface area (Å²) in [6, 6.07) is 15.3. The van der Waals surface area contributed by atoms with Gasteiger partial charge in [0.05, 0.1) is 27.4 Å². The van der Waals surface area contributed by atoms with Crippen LogP contribution in [0.15, 0.2) is 54.9 Å². The summed E-state index contributed by atoms with van der Waals surface area (Å²) >= 11 is 6.20. The zero-order valence-electron chi connectivity index (χ0n) is 21.0. The molecule has 0 saturated heterocycles. The average Bonchev–Trinajstić information content (AvgIpc) is 3.35. The standard InChI is InChI=1S/C26H28ClN5O6/c1-34-20-9-5-18(6-10-20)14-36-13-3-4-22(37-15-19-7-11-21(35-2)12-8-19)38-32-16-28-23-24(27)30-26(29-17-33)31-25(23)32/h5-12,16-17,22H,3-4,13-15H2,1-2H3,(H,29,30,31,33). The zero-order valence-corrected chi connectivity index (χ0v) is 21.8. The van der Waals surface area contributed by atoms with Crippen molar-refractivity contribution in [3.63, 3.8) is 0 Å². The van der Waals surface area contributed by atoms with E-state index in [0.29, 0.717) is 50.2 Å². The van der Waals surface area contributed by atoms with E-state index in [-0.39, 0.29) is 11.1 Å². The Morgan fingerprint density at radius 2 is 1.63 bits per heavy atom. The topological polar surface area (TPSA) is 119 Å². The van der Waals surface area contributed by atoms with Gasteiger partial charge < -0.3 is 23.8 Å². The molecule has 12 heteroatoms. The average molecular weight is 542 g/mol. The Kier molecular flexibility index (Phi) is 9.68. The molecule has 0 fully saturated rings. The van der Waals surface area contributed by atoms with E-state index >= 15 is 0 Å². The molecule has 0 spiro atoms. The number of carbonyl (C=O) groups is 1. The number of rotatable bonds is 15. The van der Waals surface area contributed by atoms with Crippen LogP contribution in [0.2, 0.25) is 5.15 Å². The number of amides is 1. The maximum atomic E-state index is 10.8. The Bertz CT molecular complexity index is 1320. The zero-order chi connectivity index (χ0) is 26.7. The van der Waals surface area contributed by atoms with Crippen LogP contribution in [0.1, 0.15) is 24.0 Å². The fraction of sp³-hybridized carbons (Fsp3) is 0.308. The molecule has 2 heterocycles. The van der Waals surface area contributed by atoms with Gasteiger partial charge in [0.25, 0.3) is 0 Å². The SMILES string of the molecule is COc1ccc(COCCCC(OCc2ccc(OC)cc2)On2cnc3c(Cl)nc(NC=O)nc32)cc1. The largest absolute Gasteiger partial charge is 0.497 e. The van der Waals surface area contributed by atoms with E-state index in [2.05, 4.69) is 20.3 Å². The lowest BCUT2D eigenvalue weighted by atomic mass is 10.2. The van der Waals surface area contributed by atoms with Crippen LogP contribution < -0.4 is 19.6 Å². The third kappa shape index (κ3) is 7.31. The van der Waals surface area contributed by atoms with Crippen molar-refractivity contribution in [2.24, 2.45) is 0 Å². The maximum absolute atomic E-state index is 10.8. The molecule has 38 heavy (non-hydrogen) atoms. The molecular formula is C26H28ClN5O6. The minimum atomic E-state index is -0.657. The quantitative estimate of drug-likeness (QED) is 0.103. The first kappa shape index (κ1) is 27.1. The lowest BCUT2D eigenvalue weighted by Crippen LogP contribution is -2.28. The summed E-state index contributed by atoms with van der Waals surface area (Å²) in [6.45, 7) is 1.29. The molecule has 0 aliphatic rings. The van der Waals surface area contributed by atoms with Crippen LogP contribution in [0.3, 0.4) is 0 Å². The van der Waals surface area contributed by atoms with Gasteiger partial charge in [-0.25, -0.2) is 4.98 Å². The summed E-state index contributed by atoms with van der Waals surface area (Å²) in [7, 11) is 3.25. The van der Waals surface area contributed by atoms with E-state index in [1.54, 1.807) is 14.2 Å². The summed E-state index contributed by atoms with van der Waals surface area (Å²) in [5.74, 6) is 1.60. The summed E-state index contributed by atoms with van der Waals surface area (Å²) in [6.07, 6.45) is 2.43. The van der Waals surface area contributed by atoms with Gasteiger partial charge in [-0.2, -0.15) is 9.97 Å². The van der Waals surface area contributed by atoms with Crippen LogP contribution in [-0.4, -0.2) is 53.2 Å². The van der Waals surface area contributed by atoms with Gasteiger partial charge in [-0.05, 0) is 41.8 Å². The molecule has 1 atom stereocenters. The molecule has 11 nitrogen and oxygen atoms in total. The number of nitrogens with zero attached hydrogens (tertiary/aromatic N) is 4. The molecule has 1 amide bonds. The summed E-state index contributed by atoms with van der Waals surface area (Å²) < 4.78 is 23.7. The van der Waals surface area contributed by atoms with Gasteiger partial charge in [-0.15, -0.1) is 4.73 Å². The molecule has 2 aromatic heterocycles. The van der Waals surface area contributed by atoms with Gasteiger partial charge in [0.15, 0.2) is 5.15 Å². The fourth-order valence-corrected chi connectivity index (χ4v) is 3.72. The molecule has 1 N–H and O–H groups in total. The lowest BCUT2D eigenvalue weighted by molar-refractivity contribution is -0.155. The molecule has 4 aromatic rings. The molecule has 0 aliphatic heterocycles. The van der Waals surface area contributed by atoms with E-state index in [1.165, 1.54) is 11.1 Å². The number of imidazole rings is 1. The molecule has 0 aliphatic carbocycles. The first-order valence-corrected chi connectivity index (χ1v) is 12.2. The van der Waals surface area contributed by atoms with Crippen LogP contribution in [0.25, 0.3) is 11.2 Å². The van der Waals surface area contributed by atoms with E-state index < -0.39 is 6.29 Å². The molecule has 4 rings (SSSR count). The van der Waals surface area contributed by atoms with Crippen LogP contribution in [0.4, 0.5) is 5.95 Å². The van der Waals surface area contributed by atoms with E-state index in [9.17, 15) is 4.79 Å². The highest BCUT2D eigenvalue weighted by atomic mass is 35.5. The van der Waals surface area contributed by atoms with Crippen molar-refractivity contribution in [1.29, 1.82) is 0 Å². The number of hydrogen-bond acceptors (Lipinski definition) is 9. The highest BCUT2D eigenvalue weighted by Crippen LogP contribution is 2.21. The van der Waals surface area contributed by atoms with Crippen molar-refractivity contribution in [2.45, 2.75) is 32.3 Å². The second-order valence-electron chi connectivity index (χ2n) is 8.08. The lowest BCUT2D eigenvalue weighted by Gasteiger charge is -2.20. The first-order chi connectivity index (χ1) is 18.6. The third-order valence-corrected chi connectivity index (χ3v) is 5.76. The van der Waals surface area contributed by atoms with Crippen molar-refractivity contribution in [2.75, 3.05) is 26.1 Å². The van der Waals surface area contributed by atoms with Gasteiger partial charge >= 0.3 is 0 Å². The van der Waals surface area contributed by atoms with E-state index in [1.807, 2.05) is 48.5 Å². The summed E-state index contributed by atoms with van der Waals surface area (Å²) in [4.78, 5) is 29.4. The van der Waals surface area contributed by atoms with E-state index in [4.69, 9.17) is 35.4 Å². The smallest absolute Gasteiger partial charge is 0.232 e. The van der Waals surface area contributed by atoms with Crippen LogP contribution in [-0.2, 0) is 27.5 Å². The van der Waals surface area contributed by atoms with Crippen molar-refractivity contribution in [3.05, 3.63) is 71.1 Å². The normalized spacial score (nSPS) is 11.8. The number of benzene rings is 2. The van der Waals surface area contributed by atoms with Crippen molar-refractivity contribution in [1.82, 2.24) is 19.7 Å². The maximum Gasteiger partial charge on any atom is 0.232 e. The molecule has 1 unspecified atom stereocenters. The van der Waals surface area contributed by atoms with Crippen molar-refractivity contribution in [3.8, 4) is 11.5 Å². The first-order valence-electron chi connectivity index (χ1n) is 11.8. The highest BCUT2D eigenvalue weighted by Gasteiger charge is 2.17. The number of anilines is 1. The van der Waals surface area contributed by atoms with E-state index in [0.717, 1.165) is 22.6 Å². The molecule has 2 aromatic carbocycles. The number of nitrogens with one attached hydrogen (secondary N) is 1. The van der Waals surface area contributed by atoms with Gasteiger partial charge in [-0.3, -0.25) is 10.1 Å². The molecule has 0 radical (unpaired) electrons. The molecule has 0 bridgehead atoms. The number of aromatic nitrogens is 4. The number of methoxy groups -OCH3 is 2. The van der Waals surface area contributed by atoms with Gasteiger partial charge in [0, 0.05) is 13.0 Å². The molecule has 200 valence electrons. The Labute approximate surface area is 224 Å². The van der Waals surface area contributed by atoms with Crippen molar-refractivity contribution < 1.29 is 28.6 Å². The molecule has 0 saturated carbocycles. The third-order valence-electron chi connectivity index (χ3n) is 5.49. The second kappa shape index (κ2) is 13.6. The van der Waals surface area contributed by atoms with Crippen molar-refractivity contribution >= 4 is 35.1 Å². The predicted molar refractivity (Wildman–Crippen MR) is 140 cm³/mol.